The first kappa shape index (κ1) is 20.4. The molecule has 4 rings (SSSR count). The Kier molecular flexibility index (Phi) is 5.83. The molecule has 6 nitrogen and oxygen atoms in total. The highest BCUT2D eigenvalue weighted by Gasteiger charge is 2.11. The summed E-state index contributed by atoms with van der Waals surface area (Å²) in [5, 5.41) is 10.9. The highest BCUT2D eigenvalue weighted by molar-refractivity contribution is 7.15. The predicted molar refractivity (Wildman–Crippen MR) is 119 cm³/mol. The second-order valence-corrected chi connectivity index (χ2v) is 7.72. The zero-order chi connectivity index (χ0) is 21.8. The number of thiazole rings is 1. The van der Waals surface area contributed by atoms with Crippen LogP contribution in [0.1, 0.15) is 32.6 Å². The van der Waals surface area contributed by atoms with E-state index >= 15 is 0 Å². The van der Waals surface area contributed by atoms with Gasteiger partial charge in [-0.3, -0.25) is 9.20 Å². The topological polar surface area (TPSA) is 80.9 Å². The lowest BCUT2D eigenvalue weighted by atomic mass is 10.0. The van der Waals surface area contributed by atoms with Crippen LogP contribution in [0, 0.1) is 11.8 Å². The van der Waals surface area contributed by atoms with Gasteiger partial charge in [0.05, 0.1) is 18.2 Å². The van der Waals surface area contributed by atoms with E-state index in [1.807, 2.05) is 23.6 Å². The zero-order valence-corrected chi connectivity index (χ0v) is 17.5. The van der Waals surface area contributed by atoms with E-state index in [-0.39, 0.29) is 11.1 Å². The van der Waals surface area contributed by atoms with E-state index in [0.29, 0.717) is 24.3 Å². The van der Waals surface area contributed by atoms with Gasteiger partial charge in [0.25, 0.3) is 5.56 Å². The van der Waals surface area contributed by atoms with Crippen LogP contribution in [-0.2, 0) is 12.8 Å². The molecule has 0 aliphatic carbocycles. The molecule has 0 radical (unpaired) electrons. The molecule has 0 spiro atoms. The molecule has 0 fully saturated rings. The van der Waals surface area contributed by atoms with Gasteiger partial charge in [-0.2, -0.15) is 0 Å². The molecule has 3 heterocycles. The summed E-state index contributed by atoms with van der Waals surface area (Å²) in [4.78, 5) is 28.8. The average Bonchev–Trinajstić information content (AvgIpc) is 3.28. The van der Waals surface area contributed by atoms with Crippen molar-refractivity contribution in [1.82, 2.24) is 9.38 Å². The van der Waals surface area contributed by atoms with Crippen LogP contribution in [-0.4, -0.2) is 27.6 Å². The number of nitrogens with zero attached hydrogens (tertiary/aromatic N) is 2. The second-order valence-electron chi connectivity index (χ2n) is 6.83. The van der Waals surface area contributed by atoms with Crippen molar-refractivity contribution < 1.29 is 14.6 Å². The van der Waals surface area contributed by atoms with Gasteiger partial charge in [0.1, 0.15) is 4.83 Å². The molecule has 1 aromatic carbocycles. The Morgan fingerprint density at radius 2 is 2.00 bits per heavy atom. The van der Waals surface area contributed by atoms with Crippen molar-refractivity contribution in [2.75, 3.05) is 7.11 Å². The molecule has 0 unspecified atom stereocenters. The summed E-state index contributed by atoms with van der Waals surface area (Å²) in [7, 11) is 1.57. The summed E-state index contributed by atoms with van der Waals surface area (Å²) in [5.74, 6) is 5.94. The average molecular weight is 430 g/mol. The van der Waals surface area contributed by atoms with Crippen molar-refractivity contribution in [3.63, 3.8) is 0 Å². The summed E-state index contributed by atoms with van der Waals surface area (Å²) in [5.41, 5.74) is 3.37. The number of aromatic carboxylic acids is 1. The van der Waals surface area contributed by atoms with Crippen LogP contribution >= 0.6 is 11.3 Å². The summed E-state index contributed by atoms with van der Waals surface area (Å²) >= 11 is 1.47. The van der Waals surface area contributed by atoms with Gasteiger partial charge < -0.3 is 9.84 Å². The zero-order valence-electron chi connectivity index (χ0n) is 16.7. The van der Waals surface area contributed by atoms with Crippen molar-refractivity contribution in [2.24, 2.45) is 0 Å². The van der Waals surface area contributed by atoms with E-state index in [0.717, 1.165) is 21.5 Å². The standard InChI is InChI=1S/C24H18N2O4S/c1-30-21-14-16(9-10-25-21)3-2-4-19-15-20(22(27)26-11-12-31-23(19)26)13-17-5-7-18(8-6-17)24(28)29/h5-12,14-15H,3,13H2,1H3,(H,28,29). The Labute approximate surface area is 182 Å². The number of benzene rings is 1. The Morgan fingerprint density at radius 3 is 2.74 bits per heavy atom. The van der Waals surface area contributed by atoms with E-state index in [9.17, 15) is 9.59 Å². The molecule has 31 heavy (non-hydrogen) atoms. The lowest BCUT2D eigenvalue weighted by molar-refractivity contribution is 0.0697. The van der Waals surface area contributed by atoms with Gasteiger partial charge in [0.2, 0.25) is 5.88 Å². The van der Waals surface area contributed by atoms with Gasteiger partial charge in [0.15, 0.2) is 0 Å². The minimum Gasteiger partial charge on any atom is -0.481 e. The second kappa shape index (κ2) is 8.86. The van der Waals surface area contributed by atoms with Crippen molar-refractivity contribution in [3.05, 3.63) is 98.4 Å². The van der Waals surface area contributed by atoms with Gasteiger partial charge in [0, 0.05) is 42.2 Å². The fourth-order valence-corrected chi connectivity index (χ4v) is 4.01. The normalized spacial score (nSPS) is 10.5. The Hall–Kier alpha value is -3.89. The number of methoxy groups -OCH3 is 1. The number of rotatable bonds is 5. The van der Waals surface area contributed by atoms with Crippen molar-refractivity contribution in [2.45, 2.75) is 12.8 Å². The quantitative estimate of drug-likeness (QED) is 0.489. The predicted octanol–water partition coefficient (Wildman–Crippen LogP) is 3.65. The van der Waals surface area contributed by atoms with E-state index in [1.165, 1.54) is 11.3 Å². The van der Waals surface area contributed by atoms with Gasteiger partial charge in [-0.25, -0.2) is 9.78 Å². The molecule has 0 aliphatic rings. The third-order valence-electron chi connectivity index (χ3n) is 4.77. The van der Waals surface area contributed by atoms with Crippen LogP contribution in [0.2, 0.25) is 0 Å². The number of hydrogen-bond donors (Lipinski definition) is 1. The van der Waals surface area contributed by atoms with Crippen LogP contribution in [0.25, 0.3) is 4.83 Å². The maximum absolute atomic E-state index is 12.9. The molecule has 3 aromatic heterocycles. The van der Waals surface area contributed by atoms with Crippen LogP contribution in [0.15, 0.2) is 65.0 Å². The molecule has 0 saturated carbocycles. The molecular weight excluding hydrogens is 412 g/mol. The van der Waals surface area contributed by atoms with Gasteiger partial charge >= 0.3 is 5.97 Å². The number of carboxylic acid groups (broad SMARTS) is 1. The van der Waals surface area contributed by atoms with Crippen LogP contribution in [0.5, 0.6) is 5.88 Å². The summed E-state index contributed by atoms with van der Waals surface area (Å²) in [6.07, 6.45) is 4.36. The SMILES string of the molecule is COc1cc(CC#Cc2cc(Cc3ccc(C(=O)O)cc3)c(=O)n3ccsc23)ccn1. The van der Waals surface area contributed by atoms with E-state index < -0.39 is 5.97 Å². The maximum atomic E-state index is 12.9. The molecule has 0 atom stereocenters. The van der Waals surface area contributed by atoms with E-state index in [4.69, 9.17) is 9.84 Å². The minimum absolute atomic E-state index is 0.0945. The lowest BCUT2D eigenvalue weighted by Crippen LogP contribution is -2.17. The first-order chi connectivity index (χ1) is 15.0. The van der Waals surface area contributed by atoms with Crippen molar-refractivity contribution in [1.29, 1.82) is 0 Å². The lowest BCUT2D eigenvalue weighted by Gasteiger charge is -2.05. The number of pyridine rings is 2. The van der Waals surface area contributed by atoms with Crippen LogP contribution in [0.3, 0.4) is 0 Å². The fraction of sp³-hybridized carbons (Fsp3) is 0.125. The number of aromatic nitrogens is 2. The summed E-state index contributed by atoms with van der Waals surface area (Å²) in [6.45, 7) is 0. The minimum atomic E-state index is -0.976. The molecular formula is C24H18N2O4S. The molecule has 0 amide bonds. The molecule has 7 heteroatoms. The highest BCUT2D eigenvalue weighted by Crippen LogP contribution is 2.18. The summed E-state index contributed by atoms with van der Waals surface area (Å²) in [6, 6.07) is 12.1. The number of ether oxygens (including phenoxy) is 1. The summed E-state index contributed by atoms with van der Waals surface area (Å²) < 4.78 is 6.76. The Morgan fingerprint density at radius 1 is 1.19 bits per heavy atom. The van der Waals surface area contributed by atoms with Crippen LogP contribution < -0.4 is 10.3 Å². The number of fused-ring (bicyclic) bond motifs is 1. The first-order valence-electron chi connectivity index (χ1n) is 9.47. The molecule has 0 aliphatic heterocycles. The Balaban J connectivity index is 1.65. The third-order valence-corrected chi connectivity index (χ3v) is 5.67. The molecule has 4 aromatic rings. The molecule has 0 bridgehead atoms. The van der Waals surface area contributed by atoms with E-state index in [1.54, 1.807) is 48.2 Å². The monoisotopic (exact) mass is 430 g/mol. The van der Waals surface area contributed by atoms with Crippen molar-refractivity contribution in [3.8, 4) is 17.7 Å². The number of carbonyl (C=O) groups is 1. The smallest absolute Gasteiger partial charge is 0.335 e. The highest BCUT2D eigenvalue weighted by atomic mass is 32.1. The number of hydrogen-bond acceptors (Lipinski definition) is 5. The van der Waals surface area contributed by atoms with Gasteiger partial charge in [-0.1, -0.05) is 24.0 Å². The maximum Gasteiger partial charge on any atom is 0.335 e. The fourth-order valence-electron chi connectivity index (χ4n) is 3.20. The van der Waals surface area contributed by atoms with E-state index in [2.05, 4.69) is 16.8 Å². The number of carboxylic acids is 1. The largest absolute Gasteiger partial charge is 0.481 e. The Bertz CT molecular complexity index is 1370. The first-order valence-corrected chi connectivity index (χ1v) is 10.3. The van der Waals surface area contributed by atoms with Gasteiger partial charge in [-0.15, -0.1) is 11.3 Å². The molecule has 0 saturated heterocycles. The molecule has 1 N–H and O–H groups in total. The molecule has 154 valence electrons. The third kappa shape index (κ3) is 4.49. The van der Waals surface area contributed by atoms with Crippen molar-refractivity contribution >= 4 is 22.1 Å². The van der Waals surface area contributed by atoms with Crippen LogP contribution in [0.4, 0.5) is 0 Å². The van der Waals surface area contributed by atoms with Gasteiger partial charge in [-0.05, 0) is 35.4 Å².